The molecule has 100 valence electrons. The van der Waals surface area contributed by atoms with Crippen molar-refractivity contribution in [3.63, 3.8) is 0 Å². The van der Waals surface area contributed by atoms with Crippen molar-refractivity contribution < 1.29 is 4.79 Å². The van der Waals surface area contributed by atoms with Gasteiger partial charge < -0.3 is 10.3 Å². The van der Waals surface area contributed by atoms with E-state index in [1.165, 1.54) is 12.3 Å². The number of carbonyl (C=O) groups excluding carboxylic acids is 1. The molecule has 0 fully saturated rings. The maximum atomic E-state index is 12.0. The number of hydrogen-bond donors (Lipinski definition) is 2. The summed E-state index contributed by atoms with van der Waals surface area (Å²) in [5.74, 6) is -0.176. The van der Waals surface area contributed by atoms with E-state index in [1.807, 2.05) is 12.1 Å². The quantitative estimate of drug-likeness (QED) is 0.761. The molecule has 0 radical (unpaired) electrons. The number of hydrogen-bond acceptors (Lipinski definition) is 3. The molecule has 0 saturated heterocycles. The number of rotatable bonds is 2. The van der Waals surface area contributed by atoms with Crippen molar-refractivity contribution in [1.82, 2.24) is 15.0 Å². The molecule has 0 saturated carbocycles. The highest BCUT2D eigenvalue weighted by molar-refractivity contribution is 6.33. The standard InChI is InChI=1S/C13H8Cl2N4O/c14-7-5-10(16-6-7)13(20)19-12-11(15)17-8-3-1-2-4-9(8)18-12/h1-6,16H,(H,18,19,20). The van der Waals surface area contributed by atoms with Crippen molar-refractivity contribution in [2.24, 2.45) is 0 Å². The number of H-pyrrole nitrogens is 1. The number of nitrogens with zero attached hydrogens (tertiary/aromatic N) is 2. The molecule has 20 heavy (non-hydrogen) atoms. The minimum atomic E-state index is -0.386. The van der Waals surface area contributed by atoms with Crippen molar-refractivity contribution in [3.05, 3.63) is 52.4 Å². The van der Waals surface area contributed by atoms with E-state index in [0.717, 1.165) is 0 Å². The number of carbonyl (C=O) groups is 1. The van der Waals surface area contributed by atoms with Crippen LogP contribution in [0.3, 0.4) is 0 Å². The third-order valence-corrected chi connectivity index (χ3v) is 3.13. The zero-order valence-electron chi connectivity index (χ0n) is 10.0. The molecule has 2 heterocycles. The maximum absolute atomic E-state index is 12.0. The molecular weight excluding hydrogens is 299 g/mol. The summed E-state index contributed by atoms with van der Waals surface area (Å²) in [6, 6.07) is 8.78. The van der Waals surface area contributed by atoms with Crippen LogP contribution in [0.2, 0.25) is 10.2 Å². The van der Waals surface area contributed by atoms with E-state index in [0.29, 0.717) is 21.7 Å². The van der Waals surface area contributed by atoms with Crippen LogP contribution in [0.4, 0.5) is 5.82 Å². The molecule has 1 amide bonds. The molecule has 0 spiro atoms. The summed E-state index contributed by atoms with van der Waals surface area (Å²) in [5.41, 5.74) is 1.64. The third-order valence-electron chi connectivity index (χ3n) is 2.65. The van der Waals surface area contributed by atoms with E-state index in [4.69, 9.17) is 23.2 Å². The Labute approximate surface area is 124 Å². The first-order valence-electron chi connectivity index (χ1n) is 5.71. The third kappa shape index (κ3) is 2.45. The molecule has 1 aromatic carbocycles. The van der Waals surface area contributed by atoms with Crippen LogP contribution in [0, 0.1) is 0 Å². The molecule has 3 aromatic rings. The maximum Gasteiger partial charge on any atom is 0.273 e. The van der Waals surface area contributed by atoms with E-state index in [-0.39, 0.29) is 16.9 Å². The van der Waals surface area contributed by atoms with Gasteiger partial charge in [0.15, 0.2) is 11.0 Å². The van der Waals surface area contributed by atoms with Gasteiger partial charge in [-0.3, -0.25) is 4.79 Å². The van der Waals surface area contributed by atoms with Crippen LogP contribution in [0.15, 0.2) is 36.5 Å². The van der Waals surface area contributed by atoms with Crippen molar-refractivity contribution in [2.75, 3.05) is 5.32 Å². The average molecular weight is 307 g/mol. The summed E-state index contributed by atoms with van der Waals surface area (Å²) in [6.45, 7) is 0. The Morgan fingerprint density at radius 2 is 1.85 bits per heavy atom. The van der Waals surface area contributed by atoms with Crippen molar-refractivity contribution in [1.29, 1.82) is 0 Å². The highest BCUT2D eigenvalue weighted by atomic mass is 35.5. The van der Waals surface area contributed by atoms with Crippen molar-refractivity contribution in [2.45, 2.75) is 0 Å². The first kappa shape index (κ1) is 12.9. The monoisotopic (exact) mass is 306 g/mol. The molecule has 0 bridgehead atoms. The van der Waals surface area contributed by atoms with Crippen LogP contribution in [0.1, 0.15) is 10.5 Å². The minimum absolute atomic E-state index is 0.134. The summed E-state index contributed by atoms with van der Waals surface area (Å²) in [4.78, 5) is 23.2. The smallest absolute Gasteiger partial charge is 0.273 e. The molecule has 0 aliphatic rings. The molecule has 3 rings (SSSR count). The van der Waals surface area contributed by atoms with Gasteiger partial charge in [-0.15, -0.1) is 0 Å². The molecule has 0 aliphatic carbocycles. The van der Waals surface area contributed by atoms with Crippen LogP contribution in [-0.2, 0) is 0 Å². The Hall–Kier alpha value is -2.11. The normalized spacial score (nSPS) is 10.7. The molecule has 5 nitrogen and oxygen atoms in total. The largest absolute Gasteiger partial charge is 0.356 e. The van der Waals surface area contributed by atoms with Gasteiger partial charge in [-0.05, 0) is 18.2 Å². The van der Waals surface area contributed by atoms with Crippen LogP contribution in [0.5, 0.6) is 0 Å². The first-order valence-corrected chi connectivity index (χ1v) is 6.46. The van der Waals surface area contributed by atoms with Gasteiger partial charge in [-0.2, -0.15) is 0 Å². The van der Waals surface area contributed by atoms with Crippen molar-refractivity contribution in [3.8, 4) is 0 Å². The lowest BCUT2D eigenvalue weighted by atomic mass is 10.3. The number of benzene rings is 1. The Morgan fingerprint density at radius 1 is 1.15 bits per heavy atom. The molecule has 2 aromatic heterocycles. The summed E-state index contributed by atoms with van der Waals surface area (Å²) in [5, 5.41) is 3.18. The fraction of sp³-hybridized carbons (Fsp3) is 0. The van der Waals surface area contributed by atoms with E-state index < -0.39 is 0 Å². The first-order chi connectivity index (χ1) is 9.63. The lowest BCUT2D eigenvalue weighted by molar-refractivity contribution is 0.102. The van der Waals surface area contributed by atoms with Gasteiger partial charge >= 0.3 is 0 Å². The molecule has 2 N–H and O–H groups in total. The fourth-order valence-electron chi connectivity index (χ4n) is 1.73. The number of aromatic nitrogens is 3. The van der Waals surface area contributed by atoms with Crippen molar-refractivity contribution >= 4 is 46.0 Å². The van der Waals surface area contributed by atoms with Gasteiger partial charge in [-0.25, -0.2) is 9.97 Å². The molecular formula is C13H8Cl2N4O. The second-order valence-electron chi connectivity index (χ2n) is 4.04. The van der Waals surface area contributed by atoms with E-state index in [9.17, 15) is 4.79 Å². The Bertz CT molecular complexity index is 800. The minimum Gasteiger partial charge on any atom is -0.356 e. The van der Waals surface area contributed by atoms with Gasteiger partial charge in [0.1, 0.15) is 5.69 Å². The topological polar surface area (TPSA) is 70.7 Å². The second-order valence-corrected chi connectivity index (χ2v) is 4.83. The van der Waals surface area contributed by atoms with Gasteiger partial charge in [0.25, 0.3) is 5.91 Å². The number of aromatic amines is 1. The van der Waals surface area contributed by atoms with Gasteiger partial charge in [0.2, 0.25) is 0 Å². The number of para-hydroxylation sites is 2. The Morgan fingerprint density at radius 3 is 2.50 bits per heavy atom. The van der Waals surface area contributed by atoms with Crippen LogP contribution in [-0.4, -0.2) is 20.9 Å². The molecule has 0 unspecified atom stereocenters. The predicted octanol–water partition coefficient (Wildman–Crippen LogP) is 3.52. The number of amides is 1. The zero-order valence-corrected chi connectivity index (χ0v) is 11.5. The summed E-state index contributed by atoms with van der Waals surface area (Å²) < 4.78 is 0. The van der Waals surface area contributed by atoms with Crippen LogP contribution in [0.25, 0.3) is 11.0 Å². The SMILES string of the molecule is O=C(Nc1nc2ccccc2nc1Cl)c1cc(Cl)c[nH]1. The molecule has 0 aliphatic heterocycles. The zero-order chi connectivity index (χ0) is 14.1. The lowest BCUT2D eigenvalue weighted by Crippen LogP contribution is -2.14. The van der Waals surface area contributed by atoms with Gasteiger partial charge in [-0.1, -0.05) is 35.3 Å². The average Bonchev–Trinajstić information content (AvgIpc) is 2.86. The number of nitrogens with one attached hydrogen (secondary N) is 2. The van der Waals surface area contributed by atoms with Gasteiger partial charge in [0, 0.05) is 6.20 Å². The Kier molecular flexibility index (Phi) is 3.30. The highest BCUT2D eigenvalue weighted by Gasteiger charge is 2.13. The summed E-state index contributed by atoms with van der Waals surface area (Å²) in [7, 11) is 0. The molecule has 7 heteroatoms. The second kappa shape index (κ2) is 5.11. The van der Waals surface area contributed by atoms with Gasteiger partial charge in [0.05, 0.1) is 16.1 Å². The number of halogens is 2. The number of fused-ring (bicyclic) bond motifs is 1. The summed E-state index contributed by atoms with van der Waals surface area (Å²) >= 11 is 11.8. The fourth-order valence-corrected chi connectivity index (χ4v) is 2.08. The summed E-state index contributed by atoms with van der Waals surface area (Å²) in [6.07, 6.45) is 1.52. The number of anilines is 1. The predicted molar refractivity (Wildman–Crippen MR) is 78.3 cm³/mol. The Balaban J connectivity index is 1.94. The van der Waals surface area contributed by atoms with Crippen LogP contribution < -0.4 is 5.32 Å². The van der Waals surface area contributed by atoms with E-state index in [1.54, 1.807) is 12.1 Å². The molecule has 0 atom stereocenters. The van der Waals surface area contributed by atoms with E-state index >= 15 is 0 Å². The highest BCUT2D eigenvalue weighted by Crippen LogP contribution is 2.21. The van der Waals surface area contributed by atoms with E-state index in [2.05, 4.69) is 20.3 Å². The lowest BCUT2D eigenvalue weighted by Gasteiger charge is -2.06. The van der Waals surface area contributed by atoms with Crippen LogP contribution >= 0.6 is 23.2 Å².